The van der Waals surface area contributed by atoms with Crippen molar-refractivity contribution in [2.24, 2.45) is 0 Å². The molecule has 1 amide bonds. The number of hydrogen-bond donors (Lipinski definition) is 1. The first-order chi connectivity index (χ1) is 6.38. The quantitative estimate of drug-likeness (QED) is 0.690. The Morgan fingerprint density at radius 2 is 2.08 bits per heavy atom. The molecule has 1 aliphatic rings. The first-order valence-corrected chi connectivity index (χ1v) is 5.33. The third kappa shape index (κ3) is 1.86. The van der Waals surface area contributed by atoms with E-state index in [9.17, 15) is 4.79 Å². The van der Waals surface area contributed by atoms with Crippen LogP contribution in [0.2, 0.25) is 0 Å². The summed E-state index contributed by atoms with van der Waals surface area (Å²) in [5.74, 6) is 1.20. The third-order valence-electron chi connectivity index (χ3n) is 2.20. The molecule has 2 nitrogen and oxygen atoms in total. The largest absolute Gasteiger partial charge is 0.300 e. The Morgan fingerprint density at radius 3 is 2.77 bits per heavy atom. The monoisotopic (exact) mass is 193 g/mol. The predicted octanol–water partition coefficient (Wildman–Crippen LogP) is 1.94. The molecule has 1 fully saturated rings. The van der Waals surface area contributed by atoms with Crippen LogP contribution in [0.3, 0.4) is 0 Å². The van der Waals surface area contributed by atoms with Crippen molar-refractivity contribution in [2.45, 2.75) is 12.3 Å². The minimum absolute atomic E-state index is 0.0578. The van der Waals surface area contributed by atoms with Gasteiger partial charge in [0.2, 0.25) is 5.91 Å². The van der Waals surface area contributed by atoms with E-state index in [1.807, 2.05) is 30.3 Å². The van der Waals surface area contributed by atoms with Gasteiger partial charge >= 0.3 is 0 Å². The van der Waals surface area contributed by atoms with E-state index in [1.165, 1.54) is 11.9 Å². The van der Waals surface area contributed by atoms with Crippen LogP contribution in [0.15, 0.2) is 30.3 Å². The summed E-state index contributed by atoms with van der Waals surface area (Å²) in [7, 11) is 0. The van der Waals surface area contributed by atoms with Gasteiger partial charge in [-0.3, -0.25) is 9.52 Å². The standard InChI is InChI=1S/C10H11NOS/c12-10-9(6-7-13-11-10)8-4-2-1-3-5-8/h1-5,9H,6-7H2,(H,11,12). The zero-order chi connectivity index (χ0) is 9.10. The number of benzene rings is 1. The Hall–Kier alpha value is -0.960. The lowest BCUT2D eigenvalue weighted by atomic mass is 9.96. The van der Waals surface area contributed by atoms with E-state index >= 15 is 0 Å². The molecule has 2 rings (SSSR count). The normalized spacial score (nSPS) is 22.5. The van der Waals surface area contributed by atoms with Gasteiger partial charge in [-0.25, -0.2) is 0 Å². The minimum Gasteiger partial charge on any atom is -0.300 e. The lowest BCUT2D eigenvalue weighted by Crippen LogP contribution is -2.29. The molecule has 13 heavy (non-hydrogen) atoms. The summed E-state index contributed by atoms with van der Waals surface area (Å²) in [5, 5.41) is 0. The Balaban J connectivity index is 2.20. The fourth-order valence-electron chi connectivity index (χ4n) is 1.50. The Kier molecular flexibility index (Phi) is 2.54. The third-order valence-corrected chi connectivity index (χ3v) is 2.99. The molecule has 1 unspecified atom stereocenters. The summed E-state index contributed by atoms with van der Waals surface area (Å²) in [6.45, 7) is 0. The van der Waals surface area contributed by atoms with Gasteiger partial charge in [0.1, 0.15) is 0 Å². The Labute approximate surface area is 81.9 Å². The van der Waals surface area contributed by atoms with E-state index in [-0.39, 0.29) is 11.8 Å². The van der Waals surface area contributed by atoms with Crippen molar-refractivity contribution in [1.82, 2.24) is 4.72 Å². The van der Waals surface area contributed by atoms with Crippen LogP contribution in [0, 0.1) is 0 Å². The molecule has 0 saturated carbocycles. The summed E-state index contributed by atoms with van der Waals surface area (Å²) in [4.78, 5) is 11.5. The second kappa shape index (κ2) is 3.83. The molecule has 1 aromatic carbocycles. The van der Waals surface area contributed by atoms with Crippen LogP contribution in [0.4, 0.5) is 0 Å². The molecule has 1 N–H and O–H groups in total. The highest BCUT2D eigenvalue weighted by Gasteiger charge is 2.23. The van der Waals surface area contributed by atoms with Crippen LogP contribution in [0.1, 0.15) is 17.9 Å². The molecule has 68 valence electrons. The fraction of sp³-hybridized carbons (Fsp3) is 0.300. The van der Waals surface area contributed by atoms with Gasteiger partial charge in [-0.05, 0) is 12.0 Å². The lowest BCUT2D eigenvalue weighted by Gasteiger charge is -2.20. The molecule has 0 radical (unpaired) electrons. The average molecular weight is 193 g/mol. The van der Waals surface area contributed by atoms with Gasteiger partial charge in [-0.15, -0.1) is 0 Å². The van der Waals surface area contributed by atoms with E-state index in [1.54, 1.807) is 0 Å². The smallest absolute Gasteiger partial charge is 0.237 e. The van der Waals surface area contributed by atoms with Crippen LogP contribution in [-0.2, 0) is 4.79 Å². The van der Waals surface area contributed by atoms with Crippen molar-refractivity contribution in [2.75, 3.05) is 5.75 Å². The summed E-state index contributed by atoms with van der Waals surface area (Å²) in [6.07, 6.45) is 0.945. The van der Waals surface area contributed by atoms with Gasteiger partial charge < -0.3 is 0 Å². The molecule has 0 aliphatic carbocycles. The number of rotatable bonds is 1. The van der Waals surface area contributed by atoms with Crippen LogP contribution >= 0.6 is 11.9 Å². The molecule has 1 atom stereocenters. The van der Waals surface area contributed by atoms with Crippen LogP contribution in [0.5, 0.6) is 0 Å². The summed E-state index contributed by atoms with van der Waals surface area (Å²) in [6, 6.07) is 9.95. The summed E-state index contributed by atoms with van der Waals surface area (Å²) >= 11 is 1.50. The van der Waals surface area contributed by atoms with E-state index in [0.29, 0.717) is 0 Å². The van der Waals surface area contributed by atoms with Crippen molar-refractivity contribution in [3.05, 3.63) is 35.9 Å². The highest BCUT2D eigenvalue weighted by atomic mass is 32.2. The predicted molar refractivity (Wildman–Crippen MR) is 54.4 cm³/mol. The van der Waals surface area contributed by atoms with E-state index in [4.69, 9.17) is 0 Å². The van der Waals surface area contributed by atoms with Crippen molar-refractivity contribution in [3.8, 4) is 0 Å². The molecule has 0 bridgehead atoms. The van der Waals surface area contributed by atoms with Crippen molar-refractivity contribution in [3.63, 3.8) is 0 Å². The van der Waals surface area contributed by atoms with Crippen molar-refractivity contribution in [1.29, 1.82) is 0 Å². The fourth-order valence-corrected chi connectivity index (χ4v) is 2.24. The molecule has 1 saturated heterocycles. The molecular weight excluding hydrogens is 182 g/mol. The maximum Gasteiger partial charge on any atom is 0.237 e. The topological polar surface area (TPSA) is 29.1 Å². The number of amides is 1. The zero-order valence-corrected chi connectivity index (χ0v) is 8.01. The van der Waals surface area contributed by atoms with Gasteiger partial charge in [-0.1, -0.05) is 42.3 Å². The minimum atomic E-state index is 0.0578. The molecule has 0 spiro atoms. The maximum absolute atomic E-state index is 11.5. The van der Waals surface area contributed by atoms with Gasteiger partial charge in [0.25, 0.3) is 0 Å². The van der Waals surface area contributed by atoms with Crippen molar-refractivity contribution >= 4 is 17.9 Å². The lowest BCUT2D eigenvalue weighted by molar-refractivity contribution is -0.120. The second-order valence-corrected chi connectivity index (χ2v) is 3.97. The molecule has 0 aromatic heterocycles. The summed E-state index contributed by atoms with van der Waals surface area (Å²) < 4.78 is 2.81. The van der Waals surface area contributed by atoms with Gasteiger partial charge in [-0.2, -0.15) is 0 Å². The number of carbonyl (C=O) groups excluding carboxylic acids is 1. The average Bonchev–Trinajstić information content (AvgIpc) is 2.20. The van der Waals surface area contributed by atoms with Crippen LogP contribution in [0.25, 0.3) is 0 Å². The SMILES string of the molecule is O=C1NSCCC1c1ccccc1. The Morgan fingerprint density at radius 1 is 1.31 bits per heavy atom. The van der Waals surface area contributed by atoms with E-state index in [2.05, 4.69) is 4.72 Å². The van der Waals surface area contributed by atoms with Gasteiger partial charge in [0, 0.05) is 5.75 Å². The molecule has 1 aliphatic heterocycles. The highest BCUT2D eigenvalue weighted by Crippen LogP contribution is 2.25. The van der Waals surface area contributed by atoms with Gasteiger partial charge in [0.05, 0.1) is 5.92 Å². The number of carbonyl (C=O) groups is 1. The maximum atomic E-state index is 11.5. The first kappa shape index (κ1) is 8.63. The summed E-state index contributed by atoms with van der Waals surface area (Å²) in [5.41, 5.74) is 1.13. The second-order valence-electron chi connectivity index (χ2n) is 3.07. The van der Waals surface area contributed by atoms with E-state index < -0.39 is 0 Å². The Bertz CT molecular complexity index is 299. The number of hydrogen-bond acceptors (Lipinski definition) is 2. The zero-order valence-electron chi connectivity index (χ0n) is 7.19. The van der Waals surface area contributed by atoms with Crippen LogP contribution < -0.4 is 4.72 Å². The molecule has 1 heterocycles. The first-order valence-electron chi connectivity index (χ1n) is 4.34. The van der Waals surface area contributed by atoms with Crippen molar-refractivity contribution < 1.29 is 4.79 Å². The molecule has 3 heteroatoms. The molecular formula is C10H11NOS. The van der Waals surface area contributed by atoms with E-state index in [0.717, 1.165) is 17.7 Å². The number of nitrogens with one attached hydrogen (secondary N) is 1. The highest BCUT2D eigenvalue weighted by molar-refractivity contribution is 7.98. The van der Waals surface area contributed by atoms with Gasteiger partial charge in [0.15, 0.2) is 0 Å². The van der Waals surface area contributed by atoms with Crippen LogP contribution in [-0.4, -0.2) is 11.7 Å². The molecule has 1 aromatic rings.